The molecule has 0 aliphatic heterocycles. The Morgan fingerprint density at radius 2 is 1.50 bits per heavy atom. The number of hydrogen-bond donors (Lipinski definition) is 0. The van der Waals surface area contributed by atoms with E-state index in [4.69, 9.17) is 27.9 Å². The van der Waals surface area contributed by atoms with Crippen molar-refractivity contribution >= 4 is 23.2 Å². The second-order valence-corrected chi connectivity index (χ2v) is 4.29. The predicted molar refractivity (Wildman–Crippen MR) is 68.0 cm³/mol. The van der Waals surface area contributed by atoms with E-state index in [-0.39, 0.29) is 0 Å². The molecule has 0 amide bonds. The van der Waals surface area contributed by atoms with Gasteiger partial charge >= 0.3 is 0 Å². The van der Waals surface area contributed by atoms with Crippen molar-refractivity contribution in [3.63, 3.8) is 0 Å². The standard InChI is InChI=1S/C13H10Cl2O/c14-13(15)16-12-8-4-7-11(9-12)10-5-2-1-3-6-10/h1-9,13H. The summed E-state index contributed by atoms with van der Waals surface area (Å²) in [6.45, 7) is 0. The molecule has 0 saturated heterocycles. The van der Waals surface area contributed by atoms with E-state index >= 15 is 0 Å². The highest BCUT2D eigenvalue weighted by Gasteiger charge is 2.02. The van der Waals surface area contributed by atoms with Crippen molar-refractivity contribution in [2.45, 2.75) is 5.02 Å². The van der Waals surface area contributed by atoms with E-state index in [2.05, 4.69) is 0 Å². The molecule has 16 heavy (non-hydrogen) atoms. The van der Waals surface area contributed by atoms with E-state index in [1.165, 1.54) is 0 Å². The lowest BCUT2D eigenvalue weighted by atomic mass is 10.1. The summed E-state index contributed by atoms with van der Waals surface area (Å²) in [5.74, 6) is 0.663. The van der Waals surface area contributed by atoms with E-state index in [9.17, 15) is 0 Å². The first-order valence-corrected chi connectivity index (χ1v) is 5.73. The molecule has 0 unspecified atom stereocenters. The Labute approximate surface area is 105 Å². The van der Waals surface area contributed by atoms with Crippen molar-refractivity contribution < 1.29 is 4.74 Å². The number of benzene rings is 2. The summed E-state index contributed by atoms with van der Waals surface area (Å²) in [5.41, 5.74) is 2.21. The Hall–Kier alpha value is -1.18. The zero-order valence-electron chi connectivity index (χ0n) is 8.44. The minimum atomic E-state index is -0.842. The van der Waals surface area contributed by atoms with Crippen molar-refractivity contribution in [2.75, 3.05) is 0 Å². The third-order valence-corrected chi connectivity index (χ3v) is 2.34. The van der Waals surface area contributed by atoms with Crippen LogP contribution in [-0.2, 0) is 0 Å². The number of hydrogen-bond acceptors (Lipinski definition) is 1. The van der Waals surface area contributed by atoms with Crippen molar-refractivity contribution in [2.24, 2.45) is 0 Å². The zero-order chi connectivity index (χ0) is 11.4. The normalized spacial score (nSPS) is 10.4. The van der Waals surface area contributed by atoms with Crippen LogP contribution in [0.1, 0.15) is 0 Å². The maximum Gasteiger partial charge on any atom is 0.247 e. The van der Waals surface area contributed by atoms with Crippen LogP contribution in [-0.4, -0.2) is 5.02 Å². The summed E-state index contributed by atoms with van der Waals surface area (Å²) in [6.07, 6.45) is 0. The smallest absolute Gasteiger partial charge is 0.247 e. The van der Waals surface area contributed by atoms with Gasteiger partial charge in [0.15, 0.2) is 0 Å². The molecule has 82 valence electrons. The quantitative estimate of drug-likeness (QED) is 0.732. The molecule has 0 fully saturated rings. The topological polar surface area (TPSA) is 9.23 Å². The van der Waals surface area contributed by atoms with Gasteiger partial charge in [-0.05, 0) is 23.3 Å². The molecule has 0 saturated carbocycles. The van der Waals surface area contributed by atoms with Crippen molar-refractivity contribution in [3.8, 4) is 16.9 Å². The van der Waals surface area contributed by atoms with Gasteiger partial charge in [0.05, 0.1) is 0 Å². The SMILES string of the molecule is ClC(Cl)Oc1cccc(-c2ccccc2)c1. The first-order valence-electron chi connectivity index (χ1n) is 4.86. The molecule has 0 bridgehead atoms. The zero-order valence-corrected chi connectivity index (χ0v) is 9.95. The Morgan fingerprint density at radius 3 is 2.19 bits per heavy atom. The van der Waals surface area contributed by atoms with Crippen molar-refractivity contribution in [3.05, 3.63) is 54.6 Å². The van der Waals surface area contributed by atoms with Crippen LogP contribution in [0, 0.1) is 0 Å². The average molecular weight is 253 g/mol. The fourth-order valence-electron chi connectivity index (χ4n) is 1.48. The molecule has 0 heterocycles. The van der Waals surface area contributed by atoms with Crippen LogP contribution < -0.4 is 4.74 Å². The maximum absolute atomic E-state index is 5.55. The molecule has 0 spiro atoms. The van der Waals surface area contributed by atoms with Gasteiger partial charge in [0.2, 0.25) is 5.02 Å². The fourth-order valence-corrected chi connectivity index (χ4v) is 1.69. The molecule has 0 aliphatic rings. The Kier molecular flexibility index (Phi) is 3.70. The molecule has 2 aromatic carbocycles. The van der Waals surface area contributed by atoms with Gasteiger partial charge in [0, 0.05) is 0 Å². The second kappa shape index (κ2) is 5.24. The molecule has 3 heteroatoms. The first-order chi connectivity index (χ1) is 7.75. The van der Waals surface area contributed by atoms with Gasteiger partial charge in [-0.2, -0.15) is 0 Å². The Balaban J connectivity index is 2.29. The lowest BCUT2D eigenvalue weighted by Crippen LogP contribution is -1.98. The van der Waals surface area contributed by atoms with Crippen LogP contribution in [0.4, 0.5) is 0 Å². The Bertz CT molecular complexity index is 454. The van der Waals surface area contributed by atoms with Gasteiger partial charge in [-0.1, -0.05) is 65.7 Å². The van der Waals surface area contributed by atoms with Crippen LogP contribution in [0.3, 0.4) is 0 Å². The van der Waals surface area contributed by atoms with Crippen LogP contribution in [0.25, 0.3) is 11.1 Å². The molecule has 0 N–H and O–H groups in total. The molecule has 2 rings (SSSR count). The largest absolute Gasteiger partial charge is 0.461 e. The number of halogens is 2. The Morgan fingerprint density at radius 1 is 0.812 bits per heavy atom. The van der Waals surface area contributed by atoms with Crippen LogP contribution in [0.5, 0.6) is 5.75 Å². The lowest BCUT2D eigenvalue weighted by molar-refractivity contribution is 0.354. The van der Waals surface area contributed by atoms with Gasteiger partial charge < -0.3 is 4.74 Å². The highest BCUT2D eigenvalue weighted by atomic mass is 35.5. The van der Waals surface area contributed by atoms with Crippen LogP contribution in [0.15, 0.2) is 54.6 Å². The highest BCUT2D eigenvalue weighted by molar-refractivity contribution is 6.43. The number of rotatable bonds is 3. The minimum Gasteiger partial charge on any atom is -0.461 e. The molecule has 0 aliphatic carbocycles. The number of ether oxygens (including phenoxy) is 1. The summed E-state index contributed by atoms with van der Waals surface area (Å²) in [4.78, 5) is 0. The van der Waals surface area contributed by atoms with Gasteiger partial charge in [-0.3, -0.25) is 0 Å². The summed E-state index contributed by atoms with van der Waals surface area (Å²) in [6, 6.07) is 17.7. The summed E-state index contributed by atoms with van der Waals surface area (Å²) < 4.78 is 5.21. The molecule has 0 radical (unpaired) electrons. The van der Waals surface area contributed by atoms with E-state index < -0.39 is 5.02 Å². The lowest BCUT2D eigenvalue weighted by Gasteiger charge is -2.08. The summed E-state index contributed by atoms with van der Waals surface area (Å²) in [7, 11) is 0. The van der Waals surface area contributed by atoms with E-state index in [0.717, 1.165) is 11.1 Å². The average Bonchev–Trinajstić information content (AvgIpc) is 2.30. The second-order valence-electron chi connectivity index (χ2n) is 3.27. The van der Waals surface area contributed by atoms with E-state index in [1.807, 2.05) is 54.6 Å². The van der Waals surface area contributed by atoms with E-state index in [1.54, 1.807) is 0 Å². The van der Waals surface area contributed by atoms with Gasteiger partial charge in [0.25, 0.3) is 0 Å². The van der Waals surface area contributed by atoms with E-state index in [0.29, 0.717) is 5.75 Å². The highest BCUT2D eigenvalue weighted by Crippen LogP contribution is 2.24. The first kappa shape index (κ1) is 11.3. The van der Waals surface area contributed by atoms with Gasteiger partial charge in [0.1, 0.15) is 5.75 Å². The molecule has 2 aromatic rings. The minimum absolute atomic E-state index is 0.663. The van der Waals surface area contributed by atoms with Gasteiger partial charge in [-0.25, -0.2) is 0 Å². The van der Waals surface area contributed by atoms with Crippen LogP contribution in [0.2, 0.25) is 0 Å². The fraction of sp³-hybridized carbons (Fsp3) is 0.0769. The van der Waals surface area contributed by atoms with Crippen molar-refractivity contribution in [1.29, 1.82) is 0 Å². The third-order valence-electron chi connectivity index (χ3n) is 2.17. The molecular formula is C13H10Cl2O. The predicted octanol–water partition coefficient (Wildman–Crippen LogP) is 4.49. The van der Waals surface area contributed by atoms with Crippen LogP contribution >= 0.6 is 23.2 Å². The monoisotopic (exact) mass is 252 g/mol. The third kappa shape index (κ3) is 2.91. The van der Waals surface area contributed by atoms with Crippen molar-refractivity contribution in [1.82, 2.24) is 0 Å². The van der Waals surface area contributed by atoms with Gasteiger partial charge in [-0.15, -0.1) is 0 Å². The maximum atomic E-state index is 5.55. The molecular weight excluding hydrogens is 243 g/mol. The molecule has 0 aromatic heterocycles. The summed E-state index contributed by atoms with van der Waals surface area (Å²) in [5, 5.41) is -0.842. The molecule has 0 atom stereocenters. The number of alkyl halides is 2. The molecule has 1 nitrogen and oxygen atoms in total. The summed E-state index contributed by atoms with van der Waals surface area (Å²) >= 11 is 11.1.